The minimum atomic E-state index is -0.0962. The summed E-state index contributed by atoms with van der Waals surface area (Å²) < 4.78 is 0. The number of nitrogens with one attached hydrogen (secondary N) is 1. The van der Waals surface area contributed by atoms with Crippen LogP contribution in [-0.2, 0) is 4.79 Å². The van der Waals surface area contributed by atoms with Crippen molar-refractivity contribution in [3.8, 4) is 0 Å². The summed E-state index contributed by atoms with van der Waals surface area (Å²) >= 11 is 0. The van der Waals surface area contributed by atoms with E-state index >= 15 is 0 Å². The summed E-state index contributed by atoms with van der Waals surface area (Å²) in [6, 6.07) is 3.64. The number of carbonyl (C=O) groups is 1. The van der Waals surface area contributed by atoms with Gasteiger partial charge in [-0.3, -0.25) is 4.79 Å². The van der Waals surface area contributed by atoms with Crippen molar-refractivity contribution in [2.75, 3.05) is 36.9 Å². The first kappa shape index (κ1) is 9.59. The maximum absolute atomic E-state index is 11.9. The molecule has 0 aliphatic carbocycles. The number of nitrogens with zero attached hydrogens (tertiary/aromatic N) is 3. The summed E-state index contributed by atoms with van der Waals surface area (Å²) in [6.07, 6.45) is 1.77. The number of likely N-dealkylation sites (N-methyl/N-ethyl adjacent to an activating group) is 1. The Morgan fingerprint density at radius 3 is 3.25 bits per heavy atom. The van der Waals surface area contributed by atoms with Gasteiger partial charge in [-0.05, 0) is 19.2 Å². The Bertz CT molecular complexity index is 434. The number of fused-ring (bicyclic) bond motifs is 3. The number of hydrogen-bond donors (Lipinski definition) is 1. The maximum Gasteiger partial charge on any atom is 0.248 e. The third-order valence-electron chi connectivity index (χ3n) is 3.20. The van der Waals surface area contributed by atoms with E-state index in [0.29, 0.717) is 0 Å². The highest BCUT2D eigenvalue weighted by Gasteiger charge is 2.36. The topological polar surface area (TPSA) is 48.5 Å². The van der Waals surface area contributed by atoms with Crippen molar-refractivity contribution >= 4 is 17.4 Å². The zero-order valence-corrected chi connectivity index (χ0v) is 9.18. The molecule has 2 aliphatic rings. The van der Waals surface area contributed by atoms with Gasteiger partial charge in [0.05, 0.1) is 5.69 Å². The van der Waals surface area contributed by atoms with E-state index in [1.54, 1.807) is 6.20 Å². The molecule has 5 heteroatoms. The smallest absolute Gasteiger partial charge is 0.248 e. The van der Waals surface area contributed by atoms with Gasteiger partial charge in [0.2, 0.25) is 5.91 Å². The van der Waals surface area contributed by atoms with Gasteiger partial charge in [-0.2, -0.15) is 0 Å². The molecule has 1 N–H and O–H groups in total. The predicted molar refractivity (Wildman–Crippen MR) is 61.5 cm³/mol. The molecule has 1 aromatic heterocycles. The van der Waals surface area contributed by atoms with Crippen LogP contribution in [-0.4, -0.2) is 48.5 Å². The van der Waals surface area contributed by atoms with Crippen LogP contribution in [0.1, 0.15) is 0 Å². The fourth-order valence-corrected chi connectivity index (χ4v) is 2.34. The van der Waals surface area contributed by atoms with Gasteiger partial charge in [0.15, 0.2) is 5.82 Å². The molecule has 84 valence electrons. The van der Waals surface area contributed by atoms with Gasteiger partial charge in [0, 0.05) is 25.8 Å². The second-order valence-electron chi connectivity index (χ2n) is 4.34. The first-order valence-electron chi connectivity index (χ1n) is 5.47. The summed E-state index contributed by atoms with van der Waals surface area (Å²) in [7, 11) is 2.04. The Morgan fingerprint density at radius 2 is 2.38 bits per heavy atom. The average molecular weight is 218 g/mol. The highest BCUT2D eigenvalue weighted by atomic mass is 16.2. The number of anilines is 2. The van der Waals surface area contributed by atoms with Gasteiger partial charge in [0.1, 0.15) is 6.04 Å². The van der Waals surface area contributed by atoms with E-state index in [2.05, 4.69) is 20.1 Å². The molecule has 0 radical (unpaired) electrons. The number of amides is 1. The standard InChI is InChI=1S/C11H14N4O/c1-14-5-6-15-9(7-14)11(16)13-8-3-2-4-12-10(8)15/h2-4,9H,5-7H2,1H3,(H,13,16). The number of carbonyl (C=O) groups excluding carboxylic acids is 1. The third kappa shape index (κ3) is 1.36. The highest BCUT2D eigenvalue weighted by molar-refractivity contribution is 6.03. The van der Waals surface area contributed by atoms with Crippen molar-refractivity contribution in [3.05, 3.63) is 18.3 Å². The second kappa shape index (κ2) is 3.45. The molecule has 3 heterocycles. The summed E-state index contributed by atoms with van der Waals surface area (Å²) in [5, 5.41) is 2.91. The van der Waals surface area contributed by atoms with E-state index in [-0.39, 0.29) is 11.9 Å². The second-order valence-corrected chi connectivity index (χ2v) is 4.34. The Hall–Kier alpha value is -1.62. The summed E-state index contributed by atoms with van der Waals surface area (Å²) in [4.78, 5) is 20.6. The lowest BCUT2D eigenvalue weighted by atomic mass is 10.1. The van der Waals surface area contributed by atoms with Gasteiger partial charge in [-0.1, -0.05) is 0 Å². The molecule has 0 bridgehead atoms. The van der Waals surface area contributed by atoms with Crippen molar-refractivity contribution in [1.82, 2.24) is 9.88 Å². The van der Waals surface area contributed by atoms with Crippen molar-refractivity contribution in [3.63, 3.8) is 0 Å². The van der Waals surface area contributed by atoms with Crippen LogP contribution >= 0.6 is 0 Å². The van der Waals surface area contributed by atoms with Crippen LogP contribution in [0.2, 0.25) is 0 Å². The van der Waals surface area contributed by atoms with Crippen molar-refractivity contribution in [1.29, 1.82) is 0 Å². The van der Waals surface area contributed by atoms with Gasteiger partial charge in [-0.25, -0.2) is 4.98 Å². The van der Waals surface area contributed by atoms with Crippen molar-refractivity contribution in [2.24, 2.45) is 0 Å². The molecular weight excluding hydrogens is 204 g/mol. The molecule has 1 atom stereocenters. The largest absolute Gasteiger partial charge is 0.340 e. The van der Waals surface area contributed by atoms with E-state index in [1.165, 1.54) is 0 Å². The van der Waals surface area contributed by atoms with E-state index in [0.717, 1.165) is 31.1 Å². The van der Waals surface area contributed by atoms with Crippen LogP contribution in [0.15, 0.2) is 18.3 Å². The van der Waals surface area contributed by atoms with E-state index in [4.69, 9.17) is 0 Å². The Kier molecular flexibility index (Phi) is 2.07. The molecule has 1 saturated heterocycles. The van der Waals surface area contributed by atoms with Crippen LogP contribution in [0.4, 0.5) is 11.5 Å². The number of rotatable bonds is 0. The summed E-state index contributed by atoms with van der Waals surface area (Å²) in [5.74, 6) is 0.979. The van der Waals surface area contributed by atoms with Gasteiger partial charge in [-0.15, -0.1) is 0 Å². The Balaban J connectivity index is 2.01. The first-order valence-corrected chi connectivity index (χ1v) is 5.47. The molecule has 3 rings (SSSR count). The molecule has 1 fully saturated rings. The van der Waals surface area contributed by atoms with Crippen LogP contribution in [0.25, 0.3) is 0 Å². The Labute approximate surface area is 94.1 Å². The van der Waals surface area contributed by atoms with Gasteiger partial charge >= 0.3 is 0 Å². The predicted octanol–water partition coefficient (Wildman–Crippen LogP) is 0.154. The normalized spacial score (nSPS) is 24.7. The first-order chi connectivity index (χ1) is 7.75. The molecule has 0 spiro atoms. The summed E-state index contributed by atoms with van der Waals surface area (Å²) in [6.45, 7) is 2.60. The van der Waals surface area contributed by atoms with Crippen LogP contribution < -0.4 is 10.2 Å². The molecule has 16 heavy (non-hydrogen) atoms. The van der Waals surface area contributed by atoms with E-state index in [1.807, 2.05) is 19.2 Å². The highest BCUT2D eigenvalue weighted by Crippen LogP contribution is 2.30. The lowest BCUT2D eigenvalue weighted by Gasteiger charge is -2.43. The number of hydrogen-bond acceptors (Lipinski definition) is 4. The van der Waals surface area contributed by atoms with E-state index in [9.17, 15) is 4.79 Å². The number of aromatic nitrogens is 1. The summed E-state index contributed by atoms with van der Waals surface area (Å²) in [5.41, 5.74) is 0.827. The van der Waals surface area contributed by atoms with Crippen molar-refractivity contribution < 1.29 is 4.79 Å². The molecule has 0 saturated carbocycles. The lowest BCUT2D eigenvalue weighted by molar-refractivity contribution is -0.118. The molecule has 0 aromatic carbocycles. The number of pyridine rings is 1. The number of piperazine rings is 1. The van der Waals surface area contributed by atoms with Crippen LogP contribution in [0.5, 0.6) is 0 Å². The lowest BCUT2D eigenvalue weighted by Crippen LogP contribution is -2.59. The monoisotopic (exact) mass is 218 g/mol. The Morgan fingerprint density at radius 1 is 1.50 bits per heavy atom. The molecule has 2 aliphatic heterocycles. The third-order valence-corrected chi connectivity index (χ3v) is 3.20. The van der Waals surface area contributed by atoms with Gasteiger partial charge < -0.3 is 15.1 Å². The maximum atomic E-state index is 11.9. The minimum absolute atomic E-state index is 0.0760. The van der Waals surface area contributed by atoms with Crippen molar-refractivity contribution in [2.45, 2.75) is 6.04 Å². The molecular formula is C11H14N4O. The quantitative estimate of drug-likeness (QED) is 0.673. The SMILES string of the molecule is CN1CCN2c3ncccc3NC(=O)C2C1. The average Bonchev–Trinajstić information content (AvgIpc) is 2.29. The molecule has 1 amide bonds. The fourth-order valence-electron chi connectivity index (χ4n) is 2.34. The minimum Gasteiger partial charge on any atom is -0.340 e. The molecule has 5 nitrogen and oxygen atoms in total. The fraction of sp³-hybridized carbons (Fsp3) is 0.455. The van der Waals surface area contributed by atoms with Crippen LogP contribution in [0.3, 0.4) is 0 Å². The zero-order chi connectivity index (χ0) is 11.1. The van der Waals surface area contributed by atoms with Crippen LogP contribution in [0, 0.1) is 0 Å². The van der Waals surface area contributed by atoms with Gasteiger partial charge in [0.25, 0.3) is 0 Å². The molecule has 1 aromatic rings. The zero-order valence-electron chi connectivity index (χ0n) is 9.18. The van der Waals surface area contributed by atoms with E-state index < -0.39 is 0 Å². The molecule has 1 unspecified atom stereocenters.